The molecule has 0 spiro atoms. The lowest BCUT2D eigenvalue weighted by molar-refractivity contribution is -0.384. The van der Waals surface area contributed by atoms with E-state index < -0.39 is 16.9 Å². The molecular formula is C16H13NO7. The van der Waals surface area contributed by atoms with Gasteiger partial charge in [0.05, 0.1) is 23.2 Å². The molecule has 0 saturated heterocycles. The van der Waals surface area contributed by atoms with Gasteiger partial charge in [0.2, 0.25) is 0 Å². The first-order valence-corrected chi connectivity index (χ1v) is 6.75. The molecule has 0 radical (unpaired) electrons. The number of nitrogens with zero attached hydrogens (tertiary/aromatic N) is 1. The van der Waals surface area contributed by atoms with E-state index in [1.54, 1.807) is 6.92 Å². The Balaban J connectivity index is 2.10. The van der Waals surface area contributed by atoms with Gasteiger partial charge >= 0.3 is 11.9 Å². The molecule has 0 atom stereocenters. The van der Waals surface area contributed by atoms with Crippen molar-refractivity contribution in [1.29, 1.82) is 0 Å². The number of nitro benzene ring substituents is 1. The summed E-state index contributed by atoms with van der Waals surface area (Å²) in [6, 6.07) is 9.53. The van der Waals surface area contributed by atoms with Gasteiger partial charge in [-0.3, -0.25) is 15.0 Å². The predicted octanol–water partition coefficient (Wildman–Crippen LogP) is 2.84. The van der Waals surface area contributed by atoms with Crippen molar-refractivity contribution in [3.63, 3.8) is 0 Å². The highest BCUT2D eigenvalue weighted by atomic mass is 17.2. The lowest BCUT2D eigenvalue weighted by Crippen LogP contribution is -2.13. The fourth-order valence-electron chi connectivity index (χ4n) is 1.94. The van der Waals surface area contributed by atoms with Crippen LogP contribution in [0.5, 0.6) is 5.75 Å². The van der Waals surface area contributed by atoms with Crippen LogP contribution in [0.25, 0.3) is 0 Å². The van der Waals surface area contributed by atoms with Crippen molar-refractivity contribution in [2.75, 3.05) is 7.11 Å². The number of esters is 1. The largest absolute Gasteiger partial charge is 0.465 e. The number of carbonyl (C=O) groups excluding carboxylic acids is 2. The Morgan fingerprint density at radius 2 is 1.58 bits per heavy atom. The predicted molar refractivity (Wildman–Crippen MR) is 81.7 cm³/mol. The Labute approximate surface area is 136 Å². The first-order valence-electron chi connectivity index (χ1n) is 6.75. The average Bonchev–Trinajstić information content (AvgIpc) is 2.59. The smallest absolute Gasteiger partial charge is 0.386 e. The van der Waals surface area contributed by atoms with Crippen LogP contribution >= 0.6 is 0 Å². The molecule has 2 aromatic carbocycles. The molecule has 8 heteroatoms. The van der Waals surface area contributed by atoms with Gasteiger partial charge in [-0.15, -0.1) is 0 Å². The van der Waals surface area contributed by atoms with Crippen LogP contribution in [0, 0.1) is 17.0 Å². The van der Waals surface area contributed by atoms with Gasteiger partial charge in [-0.2, -0.15) is 0 Å². The summed E-state index contributed by atoms with van der Waals surface area (Å²) in [6.45, 7) is 1.58. The van der Waals surface area contributed by atoms with E-state index in [2.05, 4.69) is 4.74 Å². The molecule has 2 rings (SSSR count). The molecule has 0 heterocycles. The molecule has 0 aliphatic heterocycles. The van der Waals surface area contributed by atoms with Gasteiger partial charge in [0.15, 0.2) is 5.75 Å². The number of benzene rings is 2. The van der Waals surface area contributed by atoms with Crippen LogP contribution in [0.1, 0.15) is 26.3 Å². The molecule has 8 nitrogen and oxygen atoms in total. The van der Waals surface area contributed by atoms with E-state index in [0.717, 1.165) is 0 Å². The minimum atomic E-state index is -0.809. The molecule has 24 heavy (non-hydrogen) atoms. The van der Waals surface area contributed by atoms with Gasteiger partial charge in [0, 0.05) is 12.1 Å². The zero-order chi connectivity index (χ0) is 17.7. The second-order valence-corrected chi connectivity index (χ2v) is 4.67. The summed E-state index contributed by atoms with van der Waals surface area (Å²) in [4.78, 5) is 43.2. The molecule has 0 unspecified atom stereocenters. The summed E-state index contributed by atoms with van der Waals surface area (Å²) in [6.07, 6.45) is 0. The number of non-ortho nitro benzene ring substituents is 1. The molecular weight excluding hydrogens is 318 g/mol. The Bertz CT molecular complexity index is 784. The second-order valence-electron chi connectivity index (χ2n) is 4.67. The number of hydrogen-bond donors (Lipinski definition) is 0. The fraction of sp³-hybridized carbons (Fsp3) is 0.125. The molecule has 0 N–H and O–H groups in total. The number of ether oxygens (including phenoxy) is 1. The van der Waals surface area contributed by atoms with Crippen LogP contribution in [0.15, 0.2) is 42.5 Å². The van der Waals surface area contributed by atoms with Gasteiger partial charge < -0.3 is 4.74 Å². The van der Waals surface area contributed by atoms with E-state index in [-0.39, 0.29) is 22.6 Å². The standard InChI is InChI=1S/C16H13NO7/c1-10-13(15(18)22-2)4-3-5-14(10)16(19)24-23-12-8-6-11(7-9-12)17(20)21/h3-9H,1-2H3. The maximum Gasteiger partial charge on any atom is 0.386 e. The highest BCUT2D eigenvalue weighted by Gasteiger charge is 2.18. The lowest BCUT2D eigenvalue weighted by Gasteiger charge is -2.09. The number of nitro groups is 1. The zero-order valence-corrected chi connectivity index (χ0v) is 12.8. The minimum absolute atomic E-state index is 0.115. The van der Waals surface area contributed by atoms with Crippen LogP contribution in [0.4, 0.5) is 5.69 Å². The monoisotopic (exact) mass is 331 g/mol. The molecule has 2 aromatic rings. The number of rotatable bonds is 5. The summed E-state index contributed by atoms with van der Waals surface area (Å²) in [5.74, 6) is -1.26. The second kappa shape index (κ2) is 7.23. The van der Waals surface area contributed by atoms with Crippen molar-refractivity contribution in [1.82, 2.24) is 0 Å². The summed E-state index contributed by atoms with van der Waals surface area (Å²) >= 11 is 0. The van der Waals surface area contributed by atoms with E-state index in [1.165, 1.54) is 49.6 Å². The first-order chi connectivity index (χ1) is 11.4. The van der Waals surface area contributed by atoms with Gasteiger partial charge in [0.25, 0.3) is 5.69 Å². The van der Waals surface area contributed by atoms with E-state index in [4.69, 9.17) is 9.78 Å². The van der Waals surface area contributed by atoms with Gasteiger partial charge in [0.1, 0.15) is 0 Å². The van der Waals surface area contributed by atoms with Crippen molar-refractivity contribution in [2.45, 2.75) is 6.92 Å². The van der Waals surface area contributed by atoms with E-state index in [9.17, 15) is 19.7 Å². The summed E-state index contributed by atoms with van der Waals surface area (Å²) < 4.78 is 4.63. The van der Waals surface area contributed by atoms with Gasteiger partial charge in [-0.05, 0) is 36.8 Å². The van der Waals surface area contributed by atoms with E-state index >= 15 is 0 Å². The van der Waals surface area contributed by atoms with Crippen molar-refractivity contribution >= 4 is 17.6 Å². The quantitative estimate of drug-likeness (QED) is 0.359. The third-order valence-electron chi connectivity index (χ3n) is 3.22. The Morgan fingerprint density at radius 3 is 2.12 bits per heavy atom. The maximum atomic E-state index is 12.1. The Morgan fingerprint density at radius 1 is 1.00 bits per heavy atom. The molecule has 0 saturated carbocycles. The van der Waals surface area contributed by atoms with E-state index in [0.29, 0.717) is 5.56 Å². The number of methoxy groups -OCH3 is 1. The third kappa shape index (κ3) is 3.67. The summed E-state index contributed by atoms with van der Waals surface area (Å²) in [5.41, 5.74) is 0.652. The van der Waals surface area contributed by atoms with Gasteiger partial charge in [-0.1, -0.05) is 6.07 Å². The van der Waals surface area contributed by atoms with Crippen LogP contribution in [0.2, 0.25) is 0 Å². The maximum absolute atomic E-state index is 12.1. The van der Waals surface area contributed by atoms with Crippen molar-refractivity contribution in [2.24, 2.45) is 0 Å². The summed E-state index contributed by atoms with van der Waals surface area (Å²) in [7, 11) is 1.24. The molecule has 0 aliphatic rings. The molecule has 0 amide bonds. The van der Waals surface area contributed by atoms with Crippen molar-refractivity contribution < 1.29 is 29.0 Å². The molecule has 0 aromatic heterocycles. The highest BCUT2D eigenvalue weighted by molar-refractivity contribution is 5.97. The first kappa shape index (κ1) is 16.9. The van der Waals surface area contributed by atoms with Crippen LogP contribution < -0.4 is 4.89 Å². The zero-order valence-electron chi connectivity index (χ0n) is 12.8. The summed E-state index contributed by atoms with van der Waals surface area (Å²) in [5, 5.41) is 10.6. The van der Waals surface area contributed by atoms with Crippen LogP contribution in [0.3, 0.4) is 0 Å². The van der Waals surface area contributed by atoms with Gasteiger partial charge in [-0.25, -0.2) is 14.5 Å². The highest BCUT2D eigenvalue weighted by Crippen LogP contribution is 2.19. The number of carbonyl (C=O) groups is 2. The minimum Gasteiger partial charge on any atom is -0.465 e. The van der Waals surface area contributed by atoms with Crippen LogP contribution in [-0.2, 0) is 9.62 Å². The lowest BCUT2D eigenvalue weighted by atomic mass is 10.0. The van der Waals surface area contributed by atoms with Crippen LogP contribution in [-0.4, -0.2) is 24.0 Å². The fourth-order valence-corrected chi connectivity index (χ4v) is 1.94. The number of hydrogen-bond acceptors (Lipinski definition) is 7. The molecule has 0 aliphatic carbocycles. The average molecular weight is 331 g/mol. The molecule has 124 valence electrons. The van der Waals surface area contributed by atoms with Crippen molar-refractivity contribution in [3.05, 3.63) is 69.3 Å². The topological polar surface area (TPSA) is 105 Å². The normalized spacial score (nSPS) is 9.92. The SMILES string of the molecule is COC(=O)c1cccc(C(=O)OOc2ccc([N+](=O)[O-])cc2)c1C. The third-order valence-corrected chi connectivity index (χ3v) is 3.22. The molecule has 0 fully saturated rings. The van der Waals surface area contributed by atoms with E-state index in [1.807, 2.05) is 0 Å². The Kier molecular flexibility index (Phi) is 5.10. The molecule has 0 bridgehead atoms. The Hall–Kier alpha value is -3.42. The van der Waals surface area contributed by atoms with Crippen molar-refractivity contribution in [3.8, 4) is 5.75 Å².